The summed E-state index contributed by atoms with van der Waals surface area (Å²) >= 11 is 3.65. The fourth-order valence-corrected chi connectivity index (χ4v) is 5.78. The second-order valence-electron chi connectivity index (χ2n) is 6.83. The number of rotatable bonds is 1. The van der Waals surface area contributed by atoms with Gasteiger partial charge in [-0.2, -0.15) is 0 Å². The number of aryl methyl sites for hydroxylation is 3. The van der Waals surface area contributed by atoms with Crippen LogP contribution in [0.2, 0.25) is 0 Å². The van der Waals surface area contributed by atoms with E-state index in [2.05, 4.69) is 68.6 Å². The first-order chi connectivity index (χ1) is 12.8. The summed E-state index contributed by atoms with van der Waals surface area (Å²) in [6.45, 7) is 8.15. The maximum absolute atomic E-state index is 10.8. The average Bonchev–Trinajstić information content (AvgIpc) is 3.32. The van der Waals surface area contributed by atoms with Gasteiger partial charge in [0.15, 0.2) is 9.84 Å². The Morgan fingerprint density at radius 1 is 0.963 bits per heavy atom. The first-order valence-corrected chi connectivity index (χ1v) is 12.5. The van der Waals surface area contributed by atoms with Gasteiger partial charge in [-0.15, -0.1) is 22.7 Å². The Morgan fingerprint density at radius 3 is 2.00 bits per heavy atom. The van der Waals surface area contributed by atoms with Crippen molar-refractivity contribution in [2.45, 2.75) is 45.8 Å². The Hall–Kier alpha value is -1.43. The molecular formula is C22H28O2S3. The van der Waals surface area contributed by atoms with Crippen molar-refractivity contribution in [1.29, 1.82) is 0 Å². The van der Waals surface area contributed by atoms with Gasteiger partial charge >= 0.3 is 0 Å². The third-order valence-electron chi connectivity index (χ3n) is 4.31. The van der Waals surface area contributed by atoms with Crippen molar-refractivity contribution in [2.75, 3.05) is 5.75 Å². The molecule has 1 atom stereocenters. The zero-order chi connectivity index (χ0) is 19.9. The Kier molecular flexibility index (Phi) is 8.27. The van der Waals surface area contributed by atoms with Crippen LogP contribution >= 0.6 is 22.7 Å². The summed E-state index contributed by atoms with van der Waals surface area (Å²) in [6.07, 6.45) is 1.73. The first-order valence-electron chi connectivity index (χ1n) is 9.13. The molecule has 1 unspecified atom stereocenters. The van der Waals surface area contributed by atoms with Gasteiger partial charge in [-0.05, 0) is 75.2 Å². The highest BCUT2D eigenvalue weighted by Gasteiger charge is 2.26. The average molecular weight is 421 g/mol. The lowest BCUT2D eigenvalue weighted by Gasteiger charge is -1.96. The summed E-state index contributed by atoms with van der Waals surface area (Å²) in [6, 6.07) is 17.0. The van der Waals surface area contributed by atoms with Gasteiger partial charge in [-0.1, -0.05) is 30.3 Å². The van der Waals surface area contributed by atoms with Crippen LogP contribution in [0.1, 0.15) is 35.1 Å². The van der Waals surface area contributed by atoms with Crippen LogP contribution < -0.4 is 0 Å². The van der Waals surface area contributed by atoms with Crippen LogP contribution in [0.4, 0.5) is 0 Å². The van der Waals surface area contributed by atoms with E-state index < -0.39 is 9.84 Å². The molecule has 1 saturated heterocycles. The molecule has 0 radical (unpaired) electrons. The second kappa shape index (κ2) is 10.2. The lowest BCUT2D eigenvalue weighted by molar-refractivity contribution is 0.593. The fraction of sp³-hybridized carbons (Fsp3) is 0.364. The minimum Gasteiger partial charge on any atom is -0.229 e. The number of sulfone groups is 1. The van der Waals surface area contributed by atoms with Crippen molar-refractivity contribution < 1.29 is 8.42 Å². The van der Waals surface area contributed by atoms with Crippen LogP contribution in [0.15, 0.2) is 53.9 Å². The van der Waals surface area contributed by atoms with E-state index in [1.165, 1.54) is 25.8 Å². The summed E-state index contributed by atoms with van der Waals surface area (Å²) in [5, 5.41) is 2.09. The summed E-state index contributed by atoms with van der Waals surface area (Å²) in [5.74, 6) is 0.411. The molecule has 0 saturated carbocycles. The van der Waals surface area contributed by atoms with Crippen LogP contribution in [0.5, 0.6) is 0 Å². The van der Waals surface area contributed by atoms with E-state index in [1.807, 2.05) is 17.4 Å². The third kappa shape index (κ3) is 7.24. The maximum Gasteiger partial charge on any atom is 0.152 e. The zero-order valence-corrected chi connectivity index (χ0v) is 18.9. The number of hydrogen-bond donors (Lipinski definition) is 0. The van der Waals surface area contributed by atoms with Gasteiger partial charge in [0.05, 0.1) is 11.0 Å². The Balaban J connectivity index is 0.000000153. The molecule has 146 valence electrons. The van der Waals surface area contributed by atoms with E-state index in [-0.39, 0.29) is 5.25 Å². The molecular weight excluding hydrogens is 392 g/mol. The number of thiophene rings is 2. The van der Waals surface area contributed by atoms with Gasteiger partial charge in [0.25, 0.3) is 0 Å². The molecule has 1 aliphatic rings. The molecule has 0 bridgehead atoms. The SMILES string of the molecule is CC1CCCS1(=O)=O.Cc1ccc(-c2ccccc2)s1.Cc1csc(C)c1. The molecule has 2 nitrogen and oxygen atoms in total. The van der Waals surface area contributed by atoms with Crippen LogP contribution in [0.25, 0.3) is 10.4 Å². The minimum atomic E-state index is -2.62. The summed E-state index contributed by atoms with van der Waals surface area (Å²) in [4.78, 5) is 4.12. The smallest absolute Gasteiger partial charge is 0.152 e. The first kappa shape index (κ1) is 21.9. The van der Waals surface area contributed by atoms with Gasteiger partial charge in [0, 0.05) is 14.6 Å². The molecule has 27 heavy (non-hydrogen) atoms. The Labute approximate surface area is 171 Å². The Morgan fingerprint density at radius 2 is 1.67 bits per heavy atom. The van der Waals surface area contributed by atoms with E-state index >= 15 is 0 Å². The molecule has 1 fully saturated rings. The van der Waals surface area contributed by atoms with Gasteiger partial charge in [0.1, 0.15) is 0 Å². The predicted molar refractivity (Wildman–Crippen MR) is 121 cm³/mol. The van der Waals surface area contributed by atoms with E-state index in [0.717, 1.165) is 12.8 Å². The lowest BCUT2D eigenvalue weighted by atomic mass is 10.2. The monoisotopic (exact) mass is 420 g/mol. The summed E-state index contributed by atoms with van der Waals surface area (Å²) in [5.41, 5.74) is 2.69. The summed E-state index contributed by atoms with van der Waals surface area (Å²) in [7, 11) is -2.62. The number of hydrogen-bond acceptors (Lipinski definition) is 4. The van der Waals surface area contributed by atoms with Crippen molar-refractivity contribution in [3.8, 4) is 10.4 Å². The molecule has 1 aromatic carbocycles. The lowest BCUT2D eigenvalue weighted by Crippen LogP contribution is -2.10. The topological polar surface area (TPSA) is 34.1 Å². The normalized spacial score (nSPS) is 17.4. The van der Waals surface area contributed by atoms with Gasteiger partial charge in [-0.3, -0.25) is 0 Å². The van der Waals surface area contributed by atoms with Gasteiger partial charge < -0.3 is 0 Å². The largest absolute Gasteiger partial charge is 0.229 e. The van der Waals surface area contributed by atoms with E-state index in [9.17, 15) is 8.42 Å². The maximum atomic E-state index is 10.8. The highest BCUT2D eigenvalue weighted by atomic mass is 32.2. The predicted octanol–water partition coefficient (Wildman–Crippen LogP) is 6.67. The number of benzene rings is 1. The molecule has 3 heterocycles. The van der Waals surface area contributed by atoms with Crippen molar-refractivity contribution >= 4 is 32.5 Å². The van der Waals surface area contributed by atoms with Crippen LogP contribution in [-0.4, -0.2) is 19.4 Å². The highest BCUT2D eigenvalue weighted by Crippen LogP contribution is 2.26. The van der Waals surface area contributed by atoms with Crippen LogP contribution in [0.3, 0.4) is 0 Å². The minimum absolute atomic E-state index is 0.0671. The molecule has 0 amide bonds. The van der Waals surface area contributed by atoms with Gasteiger partial charge in [0.2, 0.25) is 0 Å². The zero-order valence-electron chi connectivity index (χ0n) is 16.4. The van der Waals surface area contributed by atoms with E-state index in [1.54, 1.807) is 18.3 Å². The van der Waals surface area contributed by atoms with Gasteiger partial charge in [-0.25, -0.2) is 8.42 Å². The molecule has 0 N–H and O–H groups in total. The molecule has 4 rings (SSSR count). The molecule has 0 aliphatic carbocycles. The van der Waals surface area contributed by atoms with Crippen molar-refractivity contribution in [3.05, 3.63) is 69.2 Å². The van der Waals surface area contributed by atoms with Crippen molar-refractivity contribution in [3.63, 3.8) is 0 Å². The molecule has 5 heteroatoms. The molecule has 1 aliphatic heterocycles. The van der Waals surface area contributed by atoms with E-state index in [4.69, 9.17) is 0 Å². The standard InChI is InChI=1S/C11H10S.C6H8S.C5H10O2S/c1-9-7-8-11(12-9)10-5-3-2-4-6-10;1-5-3-6(2)7-4-5;1-5-3-2-4-8(5,6)7/h2-8H,1H3;3-4H,1-2H3;5H,2-4H2,1H3. The van der Waals surface area contributed by atoms with Crippen molar-refractivity contribution in [1.82, 2.24) is 0 Å². The fourth-order valence-electron chi connectivity index (χ4n) is 2.72. The second-order valence-corrected chi connectivity index (χ2v) is 11.8. The molecule has 3 aromatic rings. The molecule has 2 aromatic heterocycles. The van der Waals surface area contributed by atoms with E-state index in [0.29, 0.717) is 5.75 Å². The Bertz CT molecular complexity index is 905. The quantitative estimate of drug-likeness (QED) is 0.440. The summed E-state index contributed by atoms with van der Waals surface area (Å²) < 4.78 is 21.5. The van der Waals surface area contributed by atoms with Crippen LogP contribution in [0, 0.1) is 20.8 Å². The third-order valence-corrected chi connectivity index (χ3v) is 8.66. The molecule has 0 spiro atoms. The van der Waals surface area contributed by atoms with Crippen molar-refractivity contribution in [2.24, 2.45) is 0 Å². The van der Waals surface area contributed by atoms with Crippen LogP contribution in [-0.2, 0) is 9.84 Å². The highest BCUT2D eigenvalue weighted by molar-refractivity contribution is 7.92.